The van der Waals surface area contributed by atoms with E-state index >= 15 is 0 Å². The van der Waals surface area contributed by atoms with Crippen molar-refractivity contribution < 1.29 is 14.6 Å². The molecule has 0 aliphatic rings. The molecule has 4 N–H and O–H groups in total. The van der Waals surface area contributed by atoms with Crippen LogP contribution >= 0.6 is 0 Å². The van der Waals surface area contributed by atoms with Crippen molar-refractivity contribution in [2.24, 2.45) is 0 Å². The fourth-order valence-electron chi connectivity index (χ4n) is 4.46. The smallest absolute Gasteiger partial charge is 0.235 e. The Morgan fingerprint density at radius 1 is 0.881 bits per heavy atom. The summed E-state index contributed by atoms with van der Waals surface area (Å²) in [7, 11) is 2.95. The monoisotopic (exact) mass is 561 g/mol. The Labute approximate surface area is 244 Å². The Morgan fingerprint density at radius 2 is 1.62 bits per heavy atom. The SMILES string of the molecule is COc1cc(Nc2ncnc(N(Cc3ccccc3)c3ccc(NCc4ccccc4)c(C=N)c3)n2)cc(O)c1OC. The van der Waals surface area contributed by atoms with Crippen LogP contribution in [0.4, 0.5) is 29.0 Å². The molecule has 1 heterocycles. The van der Waals surface area contributed by atoms with E-state index in [-0.39, 0.29) is 17.4 Å². The predicted molar refractivity (Wildman–Crippen MR) is 165 cm³/mol. The fraction of sp³-hybridized carbons (Fsp3) is 0.125. The topological polar surface area (TPSA) is 129 Å². The molecule has 0 saturated heterocycles. The lowest BCUT2D eigenvalue weighted by Gasteiger charge is -2.24. The van der Waals surface area contributed by atoms with Crippen molar-refractivity contribution in [3.05, 3.63) is 114 Å². The average Bonchev–Trinajstić information content (AvgIpc) is 3.03. The molecular weight excluding hydrogens is 530 g/mol. The molecule has 10 nitrogen and oxygen atoms in total. The standard InChI is InChI=1S/C32H31N7O3/c1-41-29-17-25(16-28(40)30(29)42-2)37-31-35-21-36-32(38-31)39(20-23-11-7-4-8-12-23)26-13-14-27(24(15-26)18-33)34-19-22-9-5-3-6-10-22/h3-18,21,33-34,40H,19-20H2,1-2H3,(H,35,36,37,38). The van der Waals surface area contributed by atoms with Crippen LogP contribution in [0.5, 0.6) is 17.2 Å². The molecule has 1 aromatic heterocycles. The van der Waals surface area contributed by atoms with Crippen LogP contribution in [-0.4, -0.2) is 40.5 Å². The molecule has 0 amide bonds. The molecule has 0 fully saturated rings. The maximum atomic E-state index is 10.4. The van der Waals surface area contributed by atoms with Gasteiger partial charge in [0, 0.05) is 47.5 Å². The maximum Gasteiger partial charge on any atom is 0.235 e. The lowest BCUT2D eigenvalue weighted by molar-refractivity contribution is 0.333. The highest BCUT2D eigenvalue weighted by Crippen LogP contribution is 2.39. The van der Waals surface area contributed by atoms with Crippen LogP contribution in [0.3, 0.4) is 0 Å². The molecule has 0 aliphatic heterocycles. The van der Waals surface area contributed by atoms with E-state index in [9.17, 15) is 5.11 Å². The summed E-state index contributed by atoms with van der Waals surface area (Å²) in [5.74, 6) is 1.19. The number of phenols is 1. The zero-order valence-electron chi connectivity index (χ0n) is 23.3. The summed E-state index contributed by atoms with van der Waals surface area (Å²) >= 11 is 0. The van der Waals surface area contributed by atoms with Crippen LogP contribution in [0.25, 0.3) is 0 Å². The molecule has 0 unspecified atom stereocenters. The van der Waals surface area contributed by atoms with Gasteiger partial charge in [0.15, 0.2) is 11.5 Å². The number of benzene rings is 4. The number of anilines is 5. The maximum absolute atomic E-state index is 10.4. The normalized spacial score (nSPS) is 10.5. The lowest BCUT2D eigenvalue weighted by atomic mass is 10.1. The van der Waals surface area contributed by atoms with Crippen molar-refractivity contribution in [2.75, 3.05) is 29.8 Å². The second-order valence-corrected chi connectivity index (χ2v) is 9.29. The van der Waals surface area contributed by atoms with Gasteiger partial charge < -0.3 is 35.5 Å². The van der Waals surface area contributed by atoms with E-state index in [0.29, 0.717) is 30.5 Å². The van der Waals surface area contributed by atoms with E-state index in [4.69, 9.17) is 14.9 Å². The number of nitrogens with one attached hydrogen (secondary N) is 3. The fourth-order valence-corrected chi connectivity index (χ4v) is 4.46. The third-order valence-electron chi connectivity index (χ3n) is 6.53. The average molecular weight is 562 g/mol. The number of aromatic hydroxyl groups is 1. The molecule has 42 heavy (non-hydrogen) atoms. The first-order valence-electron chi connectivity index (χ1n) is 13.2. The third kappa shape index (κ3) is 6.56. The number of phenolic OH excluding ortho intramolecular Hbond substituents is 1. The van der Waals surface area contributed by atoms with Crippen LogP contribution in [0, 0.1) is 5.41 Å². The molecule has 10 heteroatoms. The van der Waals surface area contributed by atoms with Crippen LogP contribution in [0.2, 0.25) is 0 Å². The summed E-state index contributed by atoms with van der Waals surface area (Å²) < 4.78 is 10.6. The first-order chi connectivity index (χ1) is 20.6. The van der Waals surface area contributed by atoms with E-state index in [0.717, 1.165) is 28.1 Å². The number of ether oxygens (including phenoxy) is 2. The van der Waals surface area contributed by atoms with Crippen molar-refractivity contribution >= 4 is 35.2 Å². The highest BCUT2D eigenvalue weighted by Gasteiger charge is 2.17. The predicted octanol–water partition coefficient (Wildman–Crippen LogP) is 6.29. The van der Waals surface area contributed by atoms with Crippen molar-refractivity contribution in [3.63, 3.8) is 0 Å². The zero-order chi connectivity index (χ0) is 29.3. The highest BCUT2D eigenvalue weighted by molar-refractivity contribution is 5.88. The summed E-state index contributed by atoms with van der Waals surface area (Å²) in [6, 6.07) is 29.2. The van der Waals surface area contributed by atoms with E-state index in [1.54, 1.807) is 6.07 Å². The Balaban J connectivity index is 1.46. The van der Waals surface area contributed by atoms with Gasteiger partial charge in [-0.25, -0.2) is 9.97 Å². The van der Waals surface area contributed by atoms with Crippen LogP contribution in [0.1, 0.15) is 16.7 Å². The second-order valence-electron chi connectivity index (χ2n) is 9.29. The van der Waals surface area contributed by atoms with Gasteiger partial charge in [0.05, 0.1) is 20.8 Å². The first-order valence-corrected chi connectivity index (χ1v) is 13.2. The number of nitrogens with zero attached hydrogens (tertiary/aromatic N) is 4. The highest BCUT2D eigenvalue weighted by atomic mass is 16.5. The van der Waals surface area contributed by atoms with Gasteiger partial charge in [0.1, 0.15) is 6.33 Å². The van der Waals surface area contributed by atoms with Gasteiger partial charge in [-0.2, -0.15) is 4.98 Å². The Kier molecular flexibility index (Phi) is 8.73. The van der Waals surface area contributed by atoms with Crippen molar-refractivity contribution in [1.82, 2.24) is 15.0 Å². The summed E-state index contributed by atoms with van der Waals surface area (Å²) in [6.07, 6.45) is 2.76. The number of rotatable bonds is 12. The molecule has 0 atom stereocenters. The van der Waals surface area contributed by atoms with E-state index in [2.05, 4.69) is 37.7 Å². The van der Waals surface area contributed by atoms with Gasteiger partial charge >= 0.3 is 0 Å². The number of methoxy groups -OCH3 is 2. The summed E-state index contributed by atoms with van der Waals surface area (Å²) in [4.78, 5) is 15.4. The molecule has 212 valence electrons. The summed E-state index contributed by atoms with van der Waals surface area (Å²) in [6.45, 7) is 1.12. The van der Waals surface area contributed by atoms with E-state index in [1.165, 1.54) is 32.8 Å². The molecular formula is C32H31N7O3. The van der Waals surface area contributed by atoms with Crippen molar-refractivity contribution in [1.29, 1.82) is 5.41 Å². The minimum atomic E-state index is -0.0838. The Hall–Kier alpha value is -5.64. The lowest BCUT2D eigenvalue weighted by Crippen LogP contribution is -2.20. The molecule has 5 rings (SSSR count). The van der Waals surface area contributed by atoms with Crippen LogP contribution in [-0.2, 0) is 13.1 Å². The third-order valence-corrected chi connectivity index (χ3v) is 6.53. The molecule has 0 bridgehead atoms. The Morgan fingerprint density at radius 3 is 2.31 bits per heavy atom. The van der Waals surface area contributed by atoms with Crippen LogP contribution in [0.15, 0.2) is 97.3 Å². The van der Waals surface area contributed by atoms with Gasteiger partial charge in [-0.15, -0.1) is 0 Å². The molecule has 0 spiro atoms. The number of hydrogen-bond donors (Lipinski definition) is 4. The van der Waals surface area contributed by atoms with Crippen molar-refractivity contribution in [2.45, 2.75) is 13.1 Å². The number of hydrogen-bond acceptors (Lipinski definition) is 10. The van der Waals surface area contributed by atoms with Crippen LogP contribution < -0.4 is 25.0 Å². The second kappa shape index (κ2) is 13.1. The van der Waals surface area contributed by atoms with Gasteiger partial charge in [-0.1, -0.05) is 60.7 Å². The molecule has 0 radical (unpaired) electrons. The Bertz CT molecular complexity index is 1650. The quantitative estimate of drug-likeness (QED) is 0.130. The minimum absolute atomic E-state index is 0.0838. The van der Waals surface area contributed by atoms with Crippen molar-refractivity contribution in [3.8, 4) is 17.2 Å². The summed E-state index contributed by atoms with van der Waals surface area (Å²) in [5, 5.41) is 25.0. The molecule has 5 aromatic rings. The zero-order valence-corrected chi connectivity index (χ0v) is 23.3. The van der Waals surface area contributed by atoms with Gasteiger partial charge in [0.25, 0.3) is 0 Å². The van der Waals surface area contributed by atoms with E-state index < -0.39 is 0 Å². The van der Waals surface area contributed by atoms with Gasteiger partial charge in [0.2, 0.25) is 17.6 Å². The van der Waals surface area contributed by atoms with Gasteiger partial charge in [-0.05, 0) is 29.3 Å². The summed E-state index contributed by atoms with van der Waals surface area (Å²) in [5.41, 5.74) is 5.11. The number of aromatic nitrogens is 3. The largest absolute Gasteiger partial charge is 0.504 e. The molecule has 0 saturated carbocycles. The molecule has 0 aliphatic carbocycles. The van der Waals surface area contributed by atoms with E-state index in [1.807, 2.05) is 71.6 Å². The first kappa shape index (κ1) is 27.9. The van der Waals surface area contributed by atoms with Gasteiger partial charge in [-0.3, -0.25) is 0 Å². The molecule has 4 aromatic carbocycles. The minimum Gasteiger partial charge on any atom is -0.504 e.